The van der Waals surface area contributed by atoms with Crippen LogP contribution in [0.5, 0.6) is 5.75 Å². The largest absolute Gasteiger partial charge is 0.483 e. The minimum Gasteiger partial charge on any atom is -0.483 e. The van der Waals surface area contributed by atoms with Gasteiger partial charge in [0, 0.05) is 23.4 Å². The molecule has 4 nitrogen and oxygen atoms in total. The quantitative estimate of drug-likeness (QED) is 0.564. The van der Waals surface area contributed by atoms with Crippen molar-refractivity contribution >= 4 is 23.4 Å². The summed E-state index contributed by atoms with van der Waals surface area (Å²) < 4.78 is 21.6. The number of thioether (sulfide) groups is 1. The first-order valence-corrected chi connectivity index (χ1v) is 9.09. The van der Waals surface area contributed by atoms with Crippen molar-refractivity contribution in [2.45, 2.75) is 23.9 Å². The molecule has 1 atom stereocenters. The highest BCUT2D eigenvalue weighted by molar-refractivity contribution is 7.98. The summed E-state index contributed by atoms with van der Waals surface area (Å²) in [6, 6.07) is 14.2. The van der Waals surface area contributed by atoms with Gasteiger partial charge >= 0.3 is 0 Å². The topological polar surface area (TPSA) is 39.9 Å². The van der Waals surface area contributed by atoms with Crippen LogP contribution in [0.1, 0.15) is 24.4 Å². The van der Waals surface area contributed by atoms with Crippen molar-refractivity contribution in [3.05, 3.63) is 70.8 Å². The molecule has 1 heterocycles. The van der Waals surface area contributed by atoms with E-state index in [1.807, 2.05) is 48.9 Å². The molecule has 0 bridgehead atoms. The smallest absolute Gasteiger partial charge is 0.191 e. The van der Waals surface area contributed by atoms with Crippen LogP contribution in [0.3, 0.4) is 0 Å². The van der Waals surface area contributed by atoms with Gasteiger partial charge < -0.3 is 9.30 Å². The van der Waals surface area contributed by atoms with Crippen LogP contribution in [0.25, 0.3) is 0 Å². The number of hydrogen-bond acceptors (Lipinski definition) is 4. The molecule has 0 aliphatic heterocycles. The Labute approximate surface area is 155 Å². The van der Waals surface area contributed by atoms with Crippen molar-refractivity contribution in [1.29, 1.82) is 0 Å². The van der Waals surface area contributed by atoms with Gasteiger partial charge in [-0.25, -0.2) is 4.39 Å². The molecule has 0 amide bonds. The summed E-state index contributed by atoms with van der Waals surface area (Å²) in [5, 5.41) is 9.48. The van der Waals surface area contributed by atoms with E-state index in [1.165, 1.54) is 17.8 Å². The van der Waals surface area contributed by atoms with Gasteiger partial charge in [0.25, 0.3) is 0 Å². The Morgan fingerprint density at radius 1 is 1.16 bits per heavy atom. The molecule has 0 aliphatic rings. The molecule has 0 aliphatic carbocycles. The van der Waals surface area contributed by atoms with Crippen molar-refractivity contribution < 1.29 is 9.13 Å². The second-order valence-electron chi connectivity index (χ2n) is 5.46. The van der Waals surface area contributed by atoms with E-state index in [4.69, 9.17) is 16.3 Å². The Hall–Kier alpha value is -2.05. The molecule has 2 aromatic carbocycles. The monoisotopic (exact) mass is 377 g/mol. The van der Waals surface area contributed by atoms with Crippen molar-refractivity contribution in [3.8, 4) is 5.75 Å². The van der Waals surface area contributed by atoms with Crippen LogP contribution in [0.2, 0.25) is 5.02 Å². The lowest BCUT2D eigenvalue weighted by molar-refractivity contribution is 0.211. The summed E-state index contributed by atoms with van der Waals surface area (Å²) in [7, 11) is 1.87. The van der Waals surface area contributed by atoms with Gasteiger partial charge in [-0.15, -0.1) is 10.2 Å². The van der Waals surface area contributed by atoms with Gasteiger partial charge in [0.2, 0.25) is 0 Å². The van der Waals surface area contributed by atoms with Crippen molar-refractivity contribution in [2.24, 2.45) is 7.05 Å². The molecule has 0 saturated carbocycles. The Morgan fingerprint density at radius 3 is 2.64 bits per heavy atom. The second kappa shape index (κ2) is 7.89. The third-order valence-electron chi connectivity index (χ3n) is 3.70. The zero-order chi connectivity index (χ0) is 17.8. The fourth-order valence-electron chi connectivity index (χ4n) is 2.37. The summed E-state index contributed by atoms with van der Waals surface area (Å²) in [6.45, 7) is 1.92. The summed E-state index contributed by atoms with van der Waals surface area (Å²) in [4.78, 5) is 0. The van der Waals surface area contributed by atoms with Crippen LogP contribution in [0, 0.1) is 5.82 Å². The number of aromatic nitrogens is 3. The molecular formula is C18H17ClFN3OS. The first kappa shape index (κ1) is 17.8. The van der Waals surface area contributed by atoms with E-state index in [2.05, 4.69) is 10.2 Å². The minimum atomic E-state index is -0.317. The van der Waals surface area contributed by atoms with Crippen LogP contribution in [0.4, 0.5) is 4.39 Å². The second-order valence-corrected chi connectivity index (χ2v) is 6.81. The number of benzene rings is 2. The van der Waals surface area contributed by atoms with E-state index in [9.17, 15) is 4.39 Å². The first-order valence-electron chi connectivity index (χ1n) is 7.73. The summed E-state index contributed by atoms with van der Waals surface area (Å²) >= 11 is 7.45. The average molecular weight is 378 g/mol. The molecule has 0 radical (unpaired) electrons. The number of para-hydroxylation sites is 1. The Balaban J connectivity index is 1.71. The fraction of sp³-hybridized carbons (Fsp3) is 0.222. The molecule has 3 rings (SSSR count). The van der Waals surface area contributed by atoms with E-state index in [-0.39, 0.29) is 11.9 Å². The minimum absolute atomic E-state index is 0.258. The number of ether oxygens (including phenoxy) is 1. The van der Waals surface area contributed by atoms with Crippen molar-refractivity contribution in [1.82, 2.24) is 14.8 Å². The van der Waals surface area contributed by atoms with E-state index in [0.717, 1.165) is 5.75 Å². The highest BCUT2D eigenvalue weighted by atomic mass is 35.5. The van der Waals surface area contributed by atoms with Crippen LogP contribution >= 0.6 is 23.4 Å². The molecule has 7 heteroatoms. The third-order valence-corrected chi connectivity index (χ3v) is 5.10. The van der Waals surface area contributed by atoms with E-state index >= 15 is 0 Å². The molecule has 0 saturated heterocycles. The molecule has 130 valence electrons. The molecule has 0 spiro atoms. The highest BCUT2D eigenvalue weighted by Gasteiger charge is 2.18. The number of hydrogen-bond donors (Lipinski definition) is 0. The van der Waals surface area contributed by atoms with Crippen LogP contribution < -0.4 is 4.74 Å². The summed E-state index contributed by atoms with van der Waals surface area (Å²) in [5.74, 6) is 1.53. The predicted molar refractivity (Wildman–Crippen MR) is 97.5 cm³/mol. The zero-order valence-corrected chi connectivity index (χ0v) is 15.4. The number of rotatable bonds is 6. The lowest BCUT2D eigenvalue weighted by Crippen LogP contribution is -2.10. The van der Waals surface area contributed by atoms with Gasteiger partial charge in [-0.05, 0) is 31.2 Å². The molecule has 0 fully saturated rings. The van der Waals surface area contributed by atoms with Gasteiger partial charge in [-0.3, -0.25) is 0 Å². The molecule has 1 unspecified atom stereocenters. The highest BCUT2D eigenvalue weighted by Crippen LogP contribution is 2.29. The molecular weight excluding hydrogens is 361 g/mol. The van der Waals surface area contributed by atoms with Gasteiger partial charge in [-0.1, -0.05) is 47.6 Å². The standard InChI is InChI=1S/C18H17ClFN3OS/c1-12(24-13-7-4-3-5-8-13)17-21-22-18(23(17)2)25-11-14-15(19)9-6-10-16(14)20/h3-10,12H,11H2,1-2H3. The van der Waals surface area contributed by atoms with Gasteiger partial charge in [0.05, 0.1) is 0 Å². The van der Waals surface area contributed by atoms with Gasteiger partial charge in [0.1, 0.15) is 11.6 Å². The normalized spacial score (nSPS) is 12.2. The third kappa shape index (κ3) is 4.14. The van der Waals surface area contributed by atoms with Crippen LogP contribution in [-0.4, -0.2) is 14.8 Å². The van der Waals surface area contributed by atoms with Crippen molar-refractivity contribution in [3.63, 3.8) is 0 Å². The summed E-state index contributed by atoms with van der Waals surface area (Å²) in [6.07, 6.45) is -0.258. The molecule has 3 aromatic rings. The van der Waals surface area contributed by atoms with Crippen LogP contribution in [0.15, 0.2) is 53.7 Å². The van der Waals surface area contributed by atoms with Crippen LogP contribution in [-0.2, 0) is 12.8 Å². The van der Waals surface area contributed by atoms with Crippen molar-refractivity contribution in [2.75, 3.05) is 0 Å². The zero-order valence-electron chi connectivity index (χ0n) is 13.8. The predicted octanol–water partition coefficient (Wildman–Crippen LogP) is 5.04. The number of nitrogens with zero attached hydrogens (tertiary/aromatic N) is 3. The average Bonchev–Trinajstić information content (AvgIpc) is 2.96. The SMILES string of the molecule is CC(Oc1ccccc1)c1nnc(SCc2c(F)cccc2Cl)n1C. The molecule has 0 N–H and O–H groups in total. The maximum absolute atomic E-state index is 13.9. The number of halogens is 2. The molecule has 1 aromatic heterocycles. The Morgan fingerprint density at radius 2 is 1.92 bits per heavy atom. The Bertz CT molecular complexity index is 837. The maximum Gasteiger partial charge on any atom is 0.191 e. The first-order chi connectivity index (χ1) is 12.1. The lowest BCUT2D eigenvalue weighted by Gasteiger charge is -2.14. The fourth-order valence-corrected chi connectivity index (χ4v) is 3.63. The van der Waals surface area contributed by atoms with E-state index in [0.29, 0.717) is 27.3 Å². The maximum atomic E-state index is 13.9. The van der Waals surface area contributed by atoms with Gasteiger partial charge in [0.15, 0.2) is 17.1 Å². The van der Waals surface area contributed by atoms with Gasteiger partial charge in [-0.2, -0.15) is 0 Å². The van der Waals surface area contributed by atoms with E-state index < -0.39 is 0 Å². The Kier molecular flexibility index (Phi) is 5.60. The summed E-state index contributed by atoms with van der Waals surface area (Å²) in [5.41, 5.74) is 0.465. The lowest BCUT2D eigenvalue weighted by atomic mass is 10.2. The molecule has 25 heavy (non-hydrogen) atoms. The van der Waals surface area contributed by atoms with E-state index in [1.54, 1.807) is 12.1 Å².